The molecule has 1 heterocycles. The van der Waals surface area contributed by atoms with Gasteiger partial charge in [0, 0.05) is 24.7 Å². The van der Waals surface area contributed by atoms with Crippen LogP contribution in [0.1, 0.15) is 19.8 Å². The number of halogens is 2. The Balaban J connectivity index is 2.14. The van der Waals surface area contributed by atoms with Gasteiger partial charge in [-0.1, -0.05) is 23.2 Å². The Morgan fingerprint density at radius 2 is 2.08 bits per heavy atom. The van der Waals surface area contributed by atoms with Crippen LogP contribution in [-0.2, 0) is 14.4 Å². The Bertz CT molecular complexity index is 665. The third kappa shape index (κ3) is 3.99. The van der Waals surface area contributed by atoms with E-state index in [0.29, 0.717) is 35.2 Å². The van der Waals surface area contributed by atoms with E-state index in [2.05, 4.69) is 0 Å². The summed E-state index contributed by atoms with van der Waals surface area (Å²) < 4.78 is 0. The highest BCUT2D eigenvalue weighted by atomic mass is 35.5. The number of rotatable bonds is 6. The lowest BCUT2D eigenvalue weighted by molar-refractivity contribution is -0.141. The van der Waals surface area contributed by atoms with E-state index >= 15 is 0 Å². The Morgan fingerprint density at radius 3 is 2.71 bits per heavy atom. The minimum absolute atomic E-state index is 0.0897. The average Bonchev–Trinajstić information content (AvgIpc) is 2.91. The molecule has 1 atom stereocenters. The molecule has 2 rings (SSSR count). The van der Waals surface area contributed by atoms with Gasteiger partial charge in [0.2, 0.25) is 11.8 Å². The first-order valence-corrected chi connectivity index (χ1v) is 8.37. The number of benzene rings is 1. The molecule has 1 aromatic rings. The van der Waals surface area contributed by atoms with Gasteiger partial charge in [-0.05, 0) is 31.5 Å². The van der Waals surface area contributed by atoms with Gasteiger partial charge in [0.1, 0.15) is 5.92 Å². The molecule has 0 radical (unpaired) electrons. The minimum atomic E-state index is -0.980. The van der Waals surface area contributed by atoms with Crippen molar-refractivity contribution in [3.63, 3.8) is 0 Å². The van der Waals surface area contributed by atoms with Crippen molar-refractivity contribution < 1.29 is 19.5 Å². The normalized spacial score (nSPS) is 17.2. The molecule has 24 heavy (non-hydrogen) atoms. The van der Waals surface area contributed by atoms with Crippen molar-refractivity contribution in [3.8, 4) is 0 Å². The highest BCUT2D eigenvalue weighted by molar-refractivity contribution is 6.36. The average molecular weight is 373 g/mol. The van der Waals surface area contributed by atoms with E-state index < -0.39 is 11.9 Å². The first-order chi connectivity index (χ1) is 11.3. The van der Waals surface area contributed by atoms with E-state index in [1.165, 1.54) is 9.80 Å². The summed E-state index contributed by atoms with van der Waals surface area (Å²) in [6, 6.07) is 4.82. The van der Waals surface area contributed by atoms with Crippen LogP contribution in [0.2, 0.25) is 10.0 Å². The molecule has 1 N–H and O–H groups in total. The van der Waals surface area contributed by atoms with E-state index in [4.69, 9.17) is 28.3 Å². The van der Waals surface area contributed by atoms with Crippen LogP contribution in [0.3, 0.4) is 0 Å². The Labute approximate surface area is 149 Å². The van der Waals surface area contributed by atoms with Crippen LogP contribution >= 0.6 is 23.2 Å². The number of carboxylic acids is 1. The lowest BCUT2D eigenvalue weighted by atomic mass is 10.1. The zero-order valence-electron chi connectivity index (χ0n) is 13.2. The summed E-state index contributed by atoms with van der Waals surface area (Å²) in [6.07, 6.45) is 0.217. The lowest BCUT2D eigenvalue weighted by Gasteiger charge is -2.23. The SMILES string of the molecule is CCN(CCC(=O)O)C(=O)C1CCN(c2cc(Cl)ccc2Cl)C1=O. The lowest BCUT2D eigenvalue weighted by Crippen LogP contribution is -2.41. The highest BCUT2D eigenvalue weighted by Gasteiger charge is 2.40. The molecule has 1 fully saturated rings. The molecule has 1 aliphatic heterocycles. The van der Waals surface area contributed by atoms with Crippen LogP contribution in [0.5, 0.6) is 0 Å². The zero-order chi connectivity index (χ0) is 17.9. The van der Waals surface area contributed by atoms with Gasteiger partial charge in [0.25, 0.3) is 0 Å². The van der Waals surface area contributed by atoms with Gasteiger partial charge in [0.05, 0.1) is 17.1 Å². The number of carbonyl (C=O) groups is 3. The number of carboxylic acid groups (broad SMARTS) is 1. The van der Waals surface area contributed by atoms with Crippen LogP contribution in [0, 0.1) is 5.92 Å². The summed E-state index contributed by atoms with van der Waals surface area (Å²) in [6.45, 7) is 2.57. The summed E-state index contributed by atoms with van der Waals surface area (Å²) in [5, 5.41) is 9.60. The third-order valence-electron chi connectivity index (χ3n) is 3.99. The summed E-state index contributed by atoms with van der Waals surface area (Å²) >= 11 is 12.1. The number of hydrogen-bond acceptors (Lipinski definition) is 3. The predicted octanol–water partition coefficient (Wildman–Crippen LogP) is 2.67. The van der Waals surface area contributed by atoms with Crippen molar-refractivity contribution in [2.24, 2.45) is 5.92 Å². The smallest absolute Gasteiger partial charge is 0.305 e. The standard InChI is InChI=1S/C16H18Cl2N2O4/c1-2-19(7-6-14(21)22)15(23)11-5-8-20(16(11)24)13-9-10(17)3-4-12(13)18/h3-4,9,11H,2,5-8H2,1H3,(H,21,22). The monoisotopic (exact) mass is 372 g/mol. The largest absolute Gasteiger partial charge is 0.481 e. The van der Waals surface area contributed by atoms with Crippen molar-refractivity contribution in [2.45, 2.75) is 19.8 Å². The number of anilines is 1. The van der Waals surface area contributed by atoms with Gasteiger partial charge in [-0.2, -0.15) is 0 Å². The fourth-order valence-electron chi connectivity index (χ4n) is 2.72. The summed E-state index contributed by atoms with van der Waals surface area (Å²) in [4.78, 5) is 38.7. The number of carbonyl (C=O) groups excluding carboxylic acids is 2. The molecule has 0 spiro atoms. The van der Waals surface area contributed by atoms with Crippen molar-refractivity contribution in [1.29, 1.82) is 0 Å². The molecule has 0 bridgehead atoms. The molecule has 1 aromatic carbocycles. The molecule has 6 nitrogen and oxygen atoms in total. The quantitative estimate of drug-likeness (QED) is 0.778. The fraction of sp³-hybridized carbons (Fsp3) is 0.438. The van der Waals surface area contributed by atoms with Gasteiger partial charge < -0.3 is 14.9 Å². The first-order valence-electron chi connectivity index (χ1n) is 7.62. The van der Waals surface area contributed by atoms with E-state index in [1.807, 2.05) is 0 Å². The number of nitrogens with zero attached hydrogens (tertiary/aromatic N) is 2. The van der Waals surface area contributed by atoms with Crippen molar-refractivity contribution in [3.05, 3.63) is 28.2 Å². The molecule has 1 aliphatic rings. The predicted molar refractivity (Wildman–Crippen MR) is 91.4 cm³/mol. The molecule has 1 unspecified atom stereocenters. The minimum Gasteiger partial charge on any atom is -0.481 e. The molecular formula is C16H18Cl2N2O4. The van der Waals surface area contributed by atoms with Crippen LogP contribution < -0.4 is 4.90 Å². The maximum Gasteiger partial charge on any atom is 0.305 e. The molecule has 8 heteroatoms. The van der Waals surface area contributed by atoms with Gasteiger partial charge in [-0.3, -0.25) is 14.4 Å². The van der Waals surface area contributed by atoms with E-state index in [1.54, 1.807) is 25.1 Å². The van der Waals surface area contributed by atoms with E-state index in [0.717, 1.165) is 0 Å². The Hall–Kier alpha value is -1.79. The third-order valence-corrected chi connectivity index (χ3v) is 4.55. The number of hydrogen-bond donors (Lipinski definition) is 1. The van der Waals surface area contributed by atoms with Gasteiger partial charge >= 0.3 is 5.97 Å². The molecule has 1 saturated heterocycles. The van der Waals surface area contributed by atoms with E-state index in [-0.39, 0.29) is 24.8 Å². The summed E-state index contributed by atoms with van der Waals surface area (Å²) in [5.74, 6) is -2.47. The van der Waals surface area contributed by atoms with Crippen LogP contribution in [-0.4, -0.2) is 47.4 Å². The van der Waals surface area contributed by atoms with Gasteiger partial charge in [-0.25, -0.2) is 0 Å². The maximum absolute atomic E-state index is 12.6. The Morgan fingerprint density at radius 1 is 1.38 bits per heavy atom. The Kier molecular flexibility index (Phi) is 6.07. The second kappa shape index (κ2) is 7.85. The molecular weight excluding hydrogens is 355 g/mol. The molecule has 0 aliphatic carbocycles. The molecule has 0 saturated carbocycles. The van der Waals surface area contributed by atoms with Crippen molar-refractivity contribution >= 4 is 46.7 Å². The second-order valence-electron chi connectivity index (χ2n) is 5.49. The van der Waals surface area contributed by atoms with Crippen LogP contribution in [0.15, 0.2) is 18.2 Å². The zero-order valence-corrected chi connectivity index (χ0v) is 14.7. The number of amides is 2. The summed E-state index contributed by atoms with van der Waals surface area (Å²) in [5.41, 5.74) is 0.484. The van der Waals surface area contributed by atoms with Crippen molar-refractivity contribution in [1.82, 2.24) is 4.90 Å². The second-order valence-corrected chi connectivity index (χ2v) is 6.33. The van der Waals surface area contributed by atoms with Crippen LogP contribution in [0.25, 0.3) is 0 Å². The van der Waals surface area contributed by atoms with E-state index in [9.17, 15) is 14.4 Å². The fourth-order valence-corrected chi connectivity index (χ4v) is 3.10. The van der Waals surface area contributed by atoms with Crippen molar-refractivity contribution in [2.75, 3.05) is 24.5 Å². The van der Waals surface area contributed by atoms with Gasteiger partial charge in [-0.15, -0.1) is 0 Å². The molecule has 0 aromatic heterocycles. The first kappa shape index (κ1) is 18.5. The molecule has 2 amide bonds. The van der Waals surface area contributed by atoms with Crippen LogP contribution in [0.4, 0.5) is 5.69 Å². The maximum atomic E-state index is 12.6. The topological polar surface area (TPSA) is 77.9 Å². The highest BCUT2D eigenvalue weighted by Crippen LogP contribution is 2.34. The summed E-state index contributed by atoms with van der Waals surface area (Å²) in [7, 11) is 0. The van der Waals surface area contributed by atoms with Gasteiger partial charge in [0.15, 0.2) is 0 Å². The molecule has 130 valence electrons. The number of aliphatic carboxylic acids is 1.